The van der Waals surface area contributed by atoms with Gasteiger partial charge in [0.15, 0.2) is 0 Å². The Balaban J connectivity index is 2.58. The highest BCUT2D eigenvalue weighted by Crippen LogP contribution is 2.27. The molecule has 0 radical (unpaired) electrons. The van der Waals surface area contributed by atoms with E-state index in [9.17, 15) is 13.0 Å². The van der Waals surface area contributed by atoms with Crippen LogP contribution in [0.1, 0.15) is 31.7 Å². The van der Waals surface area contributed by atoms with Crippen molar-refractivity contribution in [1.82, 2.24) is 0 Å². The van der Waals surface area contributed by atoms with Crippen LogP contribution in [0.25, 0.3) is 10.8 Å². The van der Waals surface area contributed by atoms with Gasteiger partial charge >= 0.3 is 0 Å². The Kier molecular flexibility index (Phi) is 4.22. The number of hydrogen-bond acceptors (Lipinski definition) is 2. The Morgan fingerprint density at radius 3 is 2.37 bits per heavy atom. The van der Waals surface area contributed by atoms with E-state index in [4.69, 9.17) is 0 Å². The number of aryl methyl sites for hydroxylation is 1. The molecule has 0 aliphatic rings. The Morgan fingerprint density at radius 2 is 1.74 bits per heavy atom. The molecule has 2 aromatic carbocycles. The predicted octanol–water partition coefficient (Wildman–Crippen LogP) is 3.82. The molecule has 0 amide bonds. The first-order valence-electron chi connectivity index (χ1n) is 6.52. The first-order valence-corrected chi connectivity index (χ1v) is 7.96. The average molecular weight is 278 g/mol. The number of unbranched alkanes of at least 4 members (excludes halogenated alkanes) is 2. The van der Waals surface area contributed by atoms with Crippen molar-refractivity contribution in [2.45, 2.75) is 37.5 Å². The van der Waals surface area contributed by atoms with E-state index in [-0.39, 0.29) is 4.90 Å². The van der Waals surface area contributed by atoms with Crippen molar-refractivity contribution in [2.75, 3.05) is 0 Å². The lowest BCUT2D eigenvalue weighted by atomic mass is 10.00. The van der Waals surface area contributed by atoms with E-state index in [1.54, 1.807) is 6.07 Å². The molecule has 2 aromatic rings. The fourth-order valence-electron chi connectivity index (χ4n) is 2.37. The molecule has 0 saturated heterocycles. The highest BCUT2D eigenvalue weighted by molar-refractivity contribution is 7.86. The maximum Gasteiger partial charge on any atom is 0.295 e. The Labute approximate surface area is 114 Å². The van der Waals surface area contributed by atoms with Crippen molar-refractivity contribution >= 4 is 20.9 Å². The Bertz CT molecular complexity index is 670. The van der Waals surface area contributed by atoms with Crippen LogP contribution in [-0.4, -0.2) is 13.0 Å². The van der Waals surface area contributed by atoms with E-state index in [2.05, 4.69) is 6.92 Å². The highest BCUT2D eigenvalue weighted by atomic mass is 32.2. The van der Waals surface area contributed by atoms with Crippen molar-refractivity contribution in [3.63, 3.8) is 0 Å². The third-order valence-electron chi connectivity index (χ3n) is 3.28. The summed E-state index contributed by atoms with van der Waals surface area (Å²) in [6, 6.07) is 10.7. The zero-order valence-electron chi connectivity index (χ0n) is 11.0. The van der Waals surface area contributed by atoms with E-state index >= 15 is 0 Å². The minimum atomic E-state index is -4.18. The summed E-state index contributed by atoms with van der Waals surface area (Å²) < 4.78 is 32.3. The zero-order chi connectivity index (χ0) is 13.9. The summed E-state index contributed by atoms with van der Waals surface area (Å²) in [6.45, 7) is 2.13. The summed E-state index contributed by atoms with van der Waals surface area (Å²) in [5.74, 6) is 0. The molecule has 0 aliphatic carbocycles. The number of fused-ring (bicyclic) bond motifs is 1. The van der Waals surface area contributed by atoms with Gasteiger partial charge in [-0.1, -0.05) is 50.1 Å². The smallest absolute Gasteiger partial charge is 0.282 e. The van der Waals surface area contributed by atoms with Crippen molar-refractivity contribution in [2.24, 2.45) is 0 Å². The second-order valence-corrected chi connectivity index (χ2v) is 6.09. The highest BCUT2D eigenvalue weighted by Gasteiger charge is 2.15. The molecule has 0 fully saturated rings. The van der Waals surface area contributed by atoms with Crippen LogP contribution in [0.4, 0.5) is 0 Å². The molecule has 0 unspecified atom stereocenters. The second kappa shape index (κ2) is 5.72. The van der Waals surface area contributed by atoms with Crippen LogP contribution in [0.5, 0.6) is 0 Å². The number of rotatable bonds is 5. The van der Waals surface area contributed by atoms with Crippen LogP contribution < -0.4 is 0 Å². The van der Waals surface area contributed by atoms with E-state index in [0.717, 1.165) is 36.6 Å². The SMILES string of the molecule is CCCCCc1cccc2cccc(S(=O)(=O)O)c12. The molecule has 0 spiro atoms. The normalized spacial score (nSPS) is 11.9. The Morgan fingerprint density at radius 1 is 1.05 bits per heavy atom. The van der Waals surface area contributed by atoms with Gasteiger partial charge in [0.25, 0.3) is 10.1 Å². The monoisotopic (exact) mass is 278 g/mol. The van der Waals surface area contributed by atoms with Crippen molar-refractivity contribution < 1.29 is 13.0 Å². The lowest BCUT2D eigenvalue weighted by Crippen LogP contribution is -2.01. The molecule has 4 heteroatoms. The molecule has 0 bridgehead atoms. The lowest BCUT2D eigenvalue weighted by molar-refractivity contribution is 0.484. The molecule has 2 rings (SSSR count). The van der Waals surface area contributed by atoms with Crippen LogP contribution in [0.15, 0.2) is 41.3 Å². The van der Waals surface area contributed by atoms with Gasteiger partial charge in [-0.15, -0.1) is 0 Å². The number of benzene rings is 2. The summed E-state index contributed by atoms with van der Waals surface area (Å²) in [4.78, 5) is 0.0112. The quantitative estimate of drug-likeness (QED) is 0.668. The molecule has 3 nitrogen and oxygen atoms in total. The van der Waals surface area contributed by atoms with Gasteiger partial charge in [-0.3, -0.25) is 4.55 Å². The summed E-state index contributed by atoms with van der Waals surface area (Å²) in [7, 11) is -4.18. The average Bonchev–Trinajstić information content (AvgIpc) is 2.37. The first-order chi connectivity index (χ1) is 9.04. The van der Waals surface area contributed by atoms with Gasteiger partial charge in [-0.2, -0.15) is 8.42 Å². The van der Waals surface area contributed by atoms with Gasteiger partial charge < -0.3 is 0 Å². The van der Waals surface area contributed by atoms with Gasteiger partial charge in [0, 0.05) is 5.39 Å². The Hall–Kier alpha value is -1.39. The summed E-state index contributed by atoms with van der Waals surface area (Å²) in [6.07, 6.45) is 4.09. The topological polar surface area (TPSA) is 54.4 Å². The molecular formula is C15H18O3S. The number of hydrogen-bond donors (Lipinski definition) is 1. The third-order valence-corrected chi connectivity index (χ3v) is 4.18. The van der Waals surface area contributed by atoms with Crippen LogP contribution in [0.2, 0.25) is 0 Å². The molecule has 0 saturated carbocycles. The summed E-state index contributed by atoms with van der Waals surface area (Å²) >= 11 is 0. The van der Waals surface area contributed by atoms with Gasteiger partial charge in [0.2, 0.25) is 0 Å². The van der Waals surface area contributed by atoms with Crippen LogP contribution in [-0.2, 0) is 16.5 Å². The van der Waals surface area contributed by atoms with Gasteiger partial charge in [-0.25, -0.2) is 0 Å². The van der Waals surface area contributed by atoms with Crippen molar-refractivity contribution in [3.05, 3.63) is 42.0 Å². The summed E-state index contributed by atoms with van der Waals surface area (Å²) in [5, 5.41) is 1.51. The molecule has 0 aromatic heterocycles. The van der Waals surface area contributed by atoms with Crippen molar-refractivity contribution in [1.29, 1.82) is 0 Å². The minimum Gasteiger partial charge on any atom is -0.282 e. The molecule has 1 N–H and O–H groups in total. The maximum atomic E-state index is 11.5. The fraction of sp³-hybridized carbons (Fsp3) is 0.333. The first kappa shape index (κ1) is 14.0. The standard InChI is InChI=1S/C15H18O3S/c1-2-3-4-7-12-8-5-9-13-10-6-11-14(15(12)13)19(16,17)18/h5-6,8-11H,2-4,7H2,1H3,(H,16,17,18). The maximum absolute atomic E-state index is 11.5. The molecule has 0 heterocycles. The van der Waals surface area contributed by atoms with Crippen molar-refractivity contribution in [3.8, 4) is 0 Å². The summed E-state index contributed by atoms with van der Waals surface area (Å²) in [5.41, 5.74) is 0.985. The minimum absolute atomic E-state index is 0.0112. The van der Waals surface area contributed by atoms with Gasteiger partial charge in [0.1, 0.15) is 4.90 Å². The third kappa shape index (κ3) is 3.14. The lowest BCUT2D eigenvalue weighted by Gasteiger charge is -2.09. The molecule has 102 valence electrons. The second-order valence-electron chi connectivity index (χ2n) is 4.70. The largest absolute Gasteiger partial charge is 0.295 e. The molecule has 0 aliphatic heterocycles. The fourth-order valence-corrected chi connectivity index (χ4v) is 3.13. The molecule has 0 atom stereocenters. The van der Waals surface area contributed by atoms with E-state index in [0.29, 0.717) is 5.39 Å². The molecular weight excluding hydrogens is 260 g/mol. The van der Waals surface area contributed by atoms with Crippen LogP contribution >= 0.6 is 0 Å². The van der Waals surface area contributed by atoms with Gasteiger partial charge in [0.05, 0.1) is 0 Å². The van der Waals surface area contributed by atoms with E-state index in [1.807, 2.05) is 24.3 Å². The van der Waals surface area contributed by atoms with E-state index < -0.39 is 10.1 Å². The van der Waals surface area contributed by atoms with Gasteiger partial charge in [-0.05, 0) is 29.9 Å². The zero-order valence-corrected chi connectivity index (χ0v) is 11.8. The van der Waals surface area contributed by atoms with E-state index in [1.165, 1.54) is 6.07 Å². The molecule has 19 heavy (non-hydrogen) atoms. The van der Waals surface area contributed by atoms with Crippen LogP contribution in [0, 0.1) is 0 Å². The predicted molar refractivity (Wildman–Crippen MR) is 77.0 cm³/mol. The van der Waals surface area contributed by atoms with Crippen LogP contribution in [0.3, 0.4) is 0 Å².